The van der Waals surface area contributed by atoms with E-state index < -0.39 is 18.6 Å². The zero-order chi connectivity index (χ0) is 26.3. The van der Waals surface area contributed by atoms with Crippen LogP contribution in [0, 0.1) is 5.92 Å². The number of amides is 1. The van der Waals surface area contributed by atoms with Gasteiger partial charge in [-0.2, -0.15) is 10.1 Å². The molecular weight excluding hydrogens is 487 g/mol. The predicted molar refractivity (Wildman–Crippen MR) is 130 cm³/mol. The second-order valence-corrected chi connectivity index (χ2v) is 9.67. The van der Waals surface area contributed by atoms with Crippen molar-refractivity contribution >= 4 is 22.5 Å². The Hall–Kier alpha value is -3.70. The summed E-state index contributed by atoms with van der Waals surface area (Å²) < 4.78 is 49.7. The van der Waals surface area contributed by atoms with E-state index in [2.05, 4.69) is 20.4 Å². The molecule has 0 bridgehead atoms. The predicted octanol–water partition coefficient (Wildman–Crippen LogP) is 3.94. The molecule has 3 aromatic heterocycles. The first-order valence-corrected chi connectivity index (χ1v) is 12.1. The number of carbonyl (C=O) groups excluding carboxylic acids is 1. The maximum atomic E-state index is 15.3. The average molecular weight is 516 g/mol. The molecule has 196 valence electrons. The van der Waals surface area contributed by atoms with Crippen LogP contribution in [0.3, 0.4) is 0 Å². The third-order valence-corrected chi connectivity index (χ3v) is 7.11. The topological polar surface area (TPSA) is 90.4 Å². The summed E-state index contributed by atoms with van der Waals surface area (Å²) in [5.74, 6) is 0.551. The standard InChI is InChI=1S/C25H28F3N7O2/c1-15(36)33-10-8-17(25(2,28)14-33)5-7-22-29-24(37-3)23-18(9-11-34(23)31-22)16-4-6-19-20(12-16)35(32-30-19)13-21(26)27/h4,6,9,11-12,17,21H,5,7-8,10,13-14H2,1-3H3/t17-,25?/m1/s1. The average Bonchev–Trinajstić information content (AvgIpc) is 3.45. The number of aromatic nitrogens is 6. The molecule has 1 aliphatic heterocycles. The quantitative estimate of drug-likeness (QED) is 0.370. The lowest BCUT2D eigenvalue weighted by atomic mass is 9.81. The lowest BCUT2D eigenvalue weighted by Crippen LogP contribution is -2.51. The first-order chi connectivity index (χ1) is 17.7. The SMILES string of the molecule is COc1nc(CC[C@@H]2CCN(C(C)=O)CC2(C)F)nn2ccc(-c3ccc4nnn(CC(F)F)c4c3)c12. The number of nitrogens with zero attached hydrogens (tertiary/aromatic N) is 7. The molecule has 1 fully saturated rings. The highest BCUT2D eigenvalue weighted by Gasteiger charge is 2.40. The summed E-state index contributed by atoms with van der Waals surface area (Å²) in [6.07, 6.45) is 0.808. The second-order valence-electron chi connectivity index (χ2n) is 9.67. The largest absolute Gasteiger partial charge is 0.479 e. The molecule has 1 amide bonds. The van der Waals surface area contributed by atoms with Crippen LogP contribution in [0.15, 0.2) is 30.5 Å². The molecule has 1 aromatic carbocycles. The number of alkyl halides is 3. The zero-order valence-corrected chi connectivity index (χ0v) is 20.9. The van der Waals surface area contributed by atoms with Crippen LogP contribution in [0.1, 0.15) is 32.5 Å². The Kier molecular flexibility index (Phi) is 6.50. The van der Waals surface area contributed by atoms with E-state index in [1.807, 2.05) is 12.1 Å². The summed E-state index contributed by atoms with van der Waals surface area (Å²) >= 11 is 0. The van der Waals surface area contributed by atoms with Gasteiger partial charge in [-0.05, 0) is 49.4 Å². The van der Waals surface area contributed by atoms with Gasteiger partial charge >= 0.3 is 0 Å². The summed E-state index contributed by atoms with van der Waals surface area (Å²) in [5.41, 5.74) is 1.69. The van der Waals surface area contributed by atoms with Crippen molar-refractivity contribution in [3.05, 3.63) is 36.3 Å². The summed E-state index contributed by atoms with van der Waals surface area (Å²) in [5, 5.41) is 12.4. The van der Waals surface area contributed by atoms with E-state index in [1.165, 1.54) is 18.7 Å². The van der Waals surface area contributed by atoms with Crippen molar-refractivity contribution in [3.8, 4) is 17.0 Å². The third kappa shape index (κ3) is 4.84. The normalized spacial score (nSPS) is 20.3. The molecule has 1 unspecified atom stereocenters. The molecule has 0 radical (unpaired) electrons. The van der Waals surface area contributed by atoms with Crippen LogP contribution in [0.25, 0.3) is 27.7 Å². The Bertz CT molecular complexity index is 1450. The summed E-state index contributed by atoms with van der Waals surface area (Å²) in [6, 6.07) is 7.18. The number of carbonyl (C=O) groups is 1. The number of piperidine rings is 1. The van der Waals surface area contributed by atoms with Gasteiger partial charge in [0.1, 0.15) is 23.2 Å². The van der Waals surface area contributed by atoms with Crippen molar-refractivity contribution in [2.45, 2.75) is 51.7 Å². The van der Waals surface area contributed by atoms with Crippen molar-refractivity contribution < 1.29 is 22.7 Å². The second kappa shape index (κ2) is 9.64. The highest BCUT2D eigenvalue weighted by molar-refractivity contribution is 5.89. The number of methoxy groups -OCH3 is 1. The van der Waals surface area contributed by atoms with Crippen molar-refractivity contribution in [2.24, 2.45) is 5.92 Å². The number of likely N-dealkylation sites (tertiary alicyclic amines) is 1. The van der Waals surface area contributed by atoms with E-state index in [1.54, 1.807) is 34.7 Å². The van der Waals surface area contributed by atoms with E-state index in [9.17, 15) is 13.6 Å². The third-order valence-electron chi connectivity index (χ3n) is 7.11. The van der Waals surface area contributed by atoms with Gasteiger partial charge in [0.05, 0.1) is 19.2 Å². The Balaban J connectivity index is 1.41. The van der Waals surface area contributed by atoms with Gasteiger partial charge < -0.3 is 9.64 Å². The molecule has 0 saturated carbocycles. The number of fused-ring (bicyclic) bond motifs is 2. The van der Waals surface area contributed by atoms with Crippen LogP contribution in [0.5, 0.6) is 5.88 Å². The number of rotatable bonds is 7. The van der Waals surface area contributed by atoms with Crippen LogP contribution in [0.2, 0.25) is 0 Å². The van der Waals surface area contributed by atoms with E-state index >= 15 is 4.39 Å². The molecule has 0 aliphatic carbocycles. The molecule has 1 saturated heterocycles. The molecule has 5 rings (SSSR count). The number of benzene rings is 1. The Morgan fingerprint density at radius 1 is 1.30 bits per heavy atom. The minimum atomic E-state index is -2.55. The van der Waals surface area contributed by atoms with E-state index in [0.717, 1.165) is 11.1 Å². The monoisotopic (exact) mass is 515 g/mol. The zero-order valence-electron chi connectivity index (χ0n) is 20.9. The highest BCUT2D eigenvalue weighted by Crippen LogP contribution is 2.35. The first-order valence-electron chi connectivity index (χ1n) is 12.1. The van der Waals surface area contributed by atoms with E-state index in [4.69, 9.17) is 4.74 Å². The number of hydrogen-bond acceptors (Lipinski definition) is 6. The lowest BCUT2D eigenvalue weighted by molar-refractivity contribution is -0.134. The first kappa shape index (κ1) is 25.0. The van der Waals surface area contributed by atoms with E-state index in [-0.39, 0.29) is 18.4 Å². The molecule has 4 heterocycles. The van der Waals surface area contributed by atoms with Crippen molar-refractivity contribution in [2.75, 3.05) is 20.2 Å². The van der Waals surface area contributed by atoms with Crippen molar-refractivity contribution in [1.82, 2.24) is 34.5 Å². The summed E-state index contributed by atoms with van der Waals surface area (Å²) in [4.78, 5) is 17.8. The number of ether oxygens (including phenoxy) is 1. The number of halogens is 3. The molecule has 0 spiro atoms. The molecular formula is C25H28F3N7O2. The van der Waals surface area contributed by atoms with Crippen LogP contribution < -0.4 is 4.74 Å². The fraction of sp³-hybridized carbons (Fsp3) is 0.480. The Morgan fingerprint density at radius 2 is 2.11 bits per heavy atom. The van der Waals surface area contributed by atoms with Gasteiger partial charge in [-0.15, -0.1) is 5.10 Å². The smallest absolute Gasteiger partial charge is 0.258 e. The fourth-order valence-electron chi connectivity index (χ4n) is 5.13. The maximum Gasteiger partial charge on any atom is 0.258 e. The highest BCUT2D eigenvalue weighted by atomic mass is 19.3. The molecule has 0 N–H and O–H groups in total. The van der Waals surface area contributed by atoms with Gasteiger partial charge in [-0.25, -0.2) is 22.4 Å². The van der Waals surface area contributed by atoms with Crippen LogP contribution >= 0.6 is 0 Å². The summed E-state index contributed by atoms with van der Waals surface area (Å²) in [7, 11) is 1.52. The lowest BCUT2D eigenvalue weighted by Gasteiger charge is -2.41. The van der Waals surface area contributed by atoms with E-state index in [0.29, 0.717) is 54.1 Å². The van der Waals surface area contributed by atoms with Gasteiger partial charge in [-0.1, -0.05) is 11.3 Å². The number of hydrogen-bond donors (Lipinski definition) is 0. The Morgan fingerprint density at radius 3 is 2.81 bits per heavy atom. The van der Waals surface area contributed by atoms with Crippen molar-refractivity contribution in [3.63, 3.8) is 0 Å². The van der Waals surface area contributed by atoms with Crippen LogP contribution in [-0.4, -0.2) is 72.7 Å². The molecule has 9 nitrogen and oxygen atoms in total. The molecule has 2 atom stereocenters. The van der Waals surface area contributed by atoms with Gasteiger partial charge in [0, 0.05) is 31.6 Å². The minimum absolute atomic E-state index is 0.0905. The maximum absolute atomic E-state index is 15.3. The number of aryl methyl sites for hydroxylation is 1. The summed E-state index contributed by atoms with van der Waals surface area (Å²) in [6.45, 7) is 3.10. The minimum Gasteiger partial charge on any atom is -0.479 e. The molecule has 37 heavy (non-hydrogen) atoms. The molecule has 1 aliphatic rings. The Labute approximate surface area is 211 Å². The van der Waals surface area contributed by atoms with Gasteiger partial charge in [-0.3, -0.25) is 4.79 Å². The van der Waals surface area contributed by atoms with Crippen molar-refractivity contribution in [1.29, 1.82) is 0 Å². The van der Waals surface area contributed by atoms with Crippen LogP contribution in [-0.2, 0) is 17.8 Å². The fourth-order valence-corrected chi connectivity index (χ4v) is 5.13. The van der Waals surface area contributed by atoms with Gasteiger partial charge in [0.25, 0.3) is 6.43 Å². The van der Waals surface area contributed by atoms with Crippen LogP contribution in [0.4, 0.5) is 13.2 Å². The van der Waals surface area contributed by atoms with Gasteiger partial charge in [0.2, 0.25) is 11.8 Å². The molecule has 12 heteroatoms. The molecule has 4 aromatic rings. The van der Waals surface area contributed by atoms with Gasteiger partial charge in [0.15, 0.2) is 5.82 Å².